The second kappa shape index (κ2) is 6.00. The summed E-state index contributed by atoms with van der Waals surface area (Å²) in [7, 11) is 1.40. The first-order valence-corrected chi connectivity index (χ1v) is 7.29. The van der Waals surface area contributed by atoms with Crippen LogP contribution >= 0.6 is 0 Å². The molecule has 2 aromatic carbocycles. The molecule has 2 aromatic rings. The fourth-order valence-corrected chi connectivity index (χ4v) is 3.00. The standard InChI is InChI=1S/C18H19NO2/c1-21-18(20)15-9-11-16(12-10-15)19-13-5-8-17(19)14-6-3-2-4-7-14/h2-4,6-7,9-12,17H,5,8,13H2,1H3. The first kappa shape index (κ1) is 13.7. The van der Waals surface area contributed by atoms with E-state index in [0.29, 0.717) is 11.6 Å². The van der Waals surface area contributed by atoms with Crippen LogP contribution in [0.5, 0.6) is 0 Å². The van der Waals surface area contributed by atoms with Crippen molar-refractivity contribution < 1.29 is 9.53 Å². The Kier molecular flexibility index (Phi) is 3.91. The number of carbonyl (C=O) groups is 1. The molecule has 1 atom stereocenters. The topological polar surface area (TPSA) is 29.5 Å². The van der Waals surface area contributed by atoms with Gasteiger partial charge in [-0.3, -0.25) is 0 Å². The molecule has 3 heteroatoms. The summed E-state index contributed by atoms with van der Waals surface area (Å²) < 4.78 is 4.74. The van der Waals surface area contributed by atoms with Crippen LogP contribution in [0.3, 0.4) is 0 Å². The van der Waals surface area contributed by atoms with Gasteiger partial charge in [-0.25, -0.2) is 4.79 Å². The number of methoxy groups -OCH3 is 1. The average molecular weight is 281 g/mol. The van der Waals surface area contributed by atoms with E-state index in [1.165, 1.54) is 25.5 Å². The van der Waals surface area contributed by atoms with Crippen molar-refractivity contribution in [1.29, 1.82) is 0 Å². The highest BCUT2D eigenvalue weighted by Gasteiger charge is 2.26. The summed E-state index contributed by atoms with van der Waals surface area (Å²) in [5.41, 5.74) is 3.11. The number of rotatable bonds is 3. The molecule has 108 valence electrons. The molecule has 0 spiro atoms. The summed E-state index contributed by atoms with van der Waals surface area (Å²) in [6.07, 6.45) is 2.36. The fourth-order valence-electron chi connectivity index (χ4n) is 3.00. The van der Waals surface area contributed by atoms with E-state index in [-0.39, 0.29) is 5.97 Å². The Morgan fingerprint density at radius 3 is 2.48 bits per heavy atom. The average Bonchev–Trinajstić information content (AvgIpc) is 3.04. The third-order valence-electron chi connectivity index (χ3n) is 4.06. The van der Waals surface area contributed by atoms with E-state index in [1.807, 2.05) is 30.3 Å². The third-order valence-corrected chi connectivity index (χ3v) is 4.06. The smallest absolute Gasteiger partial charge is 0.337 e. The lowest BCUT2D eigenvalue weighted by Crippen LogP contribution is -2.22. The second-order valence-electron chi connectivity index (χ2n) is 5.30. The van der Waals surface area contributed by atoms with Crippen molar-refractivity contribution in [3.8, 4) is 0 Å². The van der Waals surface area contributed by atoms with E-state index in [9.17, 15) is 4.79 Å². The molecule has 0 aliphatic carbocycles. The minimum Gasteiger partial charge on any atom is -0.465 e. The van der Waals surface area contributed by atoms with E-state index < -0.39 is 0 Å². The lowest BCUT2D eigenvalue weighted by molar-refractivity contribution is 0.0601. The molecule has 0 aromatic heterocycles. The summed E-state index contributed by atoms with van der Waals surface area (Å²) in [5.74, 6) is -0.289. The number of benzene rings is 2. The van der Waals surface area contributed by atoms with E-state index in [0.717, 1.165) is 12.2 Å². The molecule has 0 saturated carbocycles. The molecule has 1 aliphatic heterocycles. The normalized spacial score (nSPS) is 17.8. The molecule has 1 aliphatic rings. The van der Waals surface area contributed by atoms with E-state index in [1.54, 1.807) is 0 Å². The second-order valence-corrected chi connectivity index (χ2v) is 5.30. The maximum absolute atomic E-state index is 11.5. The van der Waals surface area contributed by atoms with Crippen molar-refractivity contribution >= 4 is 11.7 Å². The maximum Gasteiger partial charge on any atom is 0.337 e. The molecule has 1 unspecified atom stereocenters. The van der Waals surface area contributed by atoms with Gasteiger partial charge >= 0.3 is 5.97 Å². The van der Waals surface area contributed by atoms with Gasteiger partial charge in [0.15, 0.2) is 0 Å². The van der Waals surface area contributed by atoms with Crippen molar-refractivity contribution in [2.45, 2.75) is 18.9 Å². The van der Waals surface area contributed by atoms with Crippen LogP contribution in [0, 0.1) is 0 Å². The highest BCUT2D eigenvalue weighted by Crippen LogP contribution is 2.35. The number of ether oxygens (including phenoxy) is 1. The van der Waals surface area contributed by atoms with Crippen LogP contribution in [-0.4, -0.2) is 19.6 Å². The monoisotopic (exact) mass is 281 g/mol. The van der Waals surface area contributed by atoms with Crippen LogP contribution in [0.15, 0.2) is 54.6 Å². The predicted molar refractivity (Wildman–Crippen MR) is 83.5 cm³/mol. The van der Waals surface area contributed by atoms with Crippen molar-refractivity contribution in [3.63, 3.8) is 0 Å². The van der Waals surface area contributed by atoms with Gasteiger partial charge in [-0.15, -0.1) is 0 Å². The largest absolute Gasteiger partial charge is 0.465 e. The van der Waals surface area contributed by atoms with Gasteiger partial charge < -0.3 is 9.64 Å². The molecule has 0 bridgehead atoms. The number of hydrogen-bond donors (Lipinski definition) is 0. The Labute approximate surface area is 125 Å². The molecule has 1 fully saturated rings. The molecule has 0 amide bonds. The molecule has 0 N–H and O–H groups in total. The highest BCUT2D eigenvalue weighted by molar-refractivity contribution is 5.89. The Morgan fingerprint density at radius 2 is 1.81 bits per heavy atom. The van der Waals surface area contributed by atoms with Crippen LogP contribution in [-0.2, 0) is 4.74 Å². The van der Waals surface area contributed by atoms with Gasteiger partial charge in [0.05, 0.1) is 18.7 Å². The highest BCUT2D eigenvalue weighted by atomic mass is 16.5. The van der Waals surface area contributed by atoms with Gasteiger partial charge in [0.25, 0.3) is 0 Å². The van der Waals surface area contributed by atoms with Crippen LogP contribution in [0.2, 0.25) is 0 Å². The van der Waals surface area contributed by atoms with Crippen LogP contribution in [0.4, 0.5) is 5.69 Å². The Morgan fingerprint density at radius 1 is 1.10 bits per heavy atom. The first-order chi connectivity index (χ1) is 10.3. The van der Waals surface area contributed by atoms with Crippen LogP contribution in [0.1, 0.15) is 34.8 Å². The summed E-state index contributed by atoms with van der Waals surface area (Å²) in [6, 6.07) is 18.7. The Hall–Kier alpha value is -2.29. The summed E-state index contributed by atoms with van der Waals surface area (Å²) in [4.78, 5) is 13.9. The fraction of sp³-hybridized carbons (Fsp3) is 0.278. The SMILES string of the molecule is COC(=O)c1ccc(N2CCCC2c2ccccc2)cc1. The third kappa shape index (κ3) is 2.77. The molecule has 1 heterocycles. The molecule has 0 radical (unpaired) electrons. The van der Waals surface area contributed by atoms with Gasteiger partial charge in [0.1, 0.15) is 0 Å². The number of carbonyl (C=O) groups excluding carboxylic acids is 1. The number of anilines is 1. The zero-order valence-electron chi connectivity index (χ0n) is 12.2. The molecular weight excluding hydrogens is 262 g/mol. The van der Waals surface area contributed by atoms with Gasteiger partial charge in [-0.05, 0) is 42.7 Å². The van der Waals surface area contributed by atoms with E-state index in [2.05, 4.69) is 29.2 Å². The van der Waals surface area contributed by atoms with E-state index >= 15 is 0 Å². The van der Waals surface area contributed by atoms with E-state index in [4.69, 9.17) is 4.74 Å². The lowest BCUT2D eigenvalue weighted by Gasteiger charge is -2.27. The van der Waals surface area contributed by atoms with Crippen molar-refractivity contribution in [1.82, 2.24) is 0 Å². The summed E-state index contributed by atoms with van der Waals surface area (Å²) in [6.45, 7) is 1.05. The van der Waals surface area contributed by atoms with Crippen LogP contribution < -0.4 is 4.90 Å². The predicted octanol–water partition coefficient (Wildman–Crippen LogP) is 3.81. The van der Waals surface area contributed by atoms with Crippen LogP contribution in [0.25, 0.3) is 0 Å². The van der Waals surface area contributed by atoms with Gasteiger partial charge in [0.2, 0.25) is 0 Å². The maximum atomic E-state index is 11.5. The zero-order chi connectivity index (χ0) is 14.7. The molecular formula is C18H19NO2. The molecule has 1 saturated heterocycles. The minimum absolute atomic E-state index is 0.289. The van der Waals surface area contributed by atoms with Crippen molar-refractivity contribution in [2.24, 2.45) is 0 Å². The van der Waals surface area contributed by atoms with Crippen molar-refractivity contribution in [2.75, 3.05) is 18.6 Å². The summed E-state index contributed by atoms with van der Waals surface area (Å²) in [5, 5.41) is 0. The van der Waals surface area contributed by atoms with Gasteiger partial charge in [-0.2, -0.15) is 0 Å². The Balaban J connectivity index is 1.84. The summed E-state index contributed by atoms with van der Waals surface area (Å²) >= 11 is 0. The molecule has 21 heavy (non-hydrogen) atoms. The number of nitrogens with zero attached hydrogens (tertiary/aromatic N) is 1. The van der Waals surface area contributed by atoms with Gasteiger partial charge in [0, 0.05) is 12.2 Å². The lowest BCUT2D eigenvalue weighted by atomic mass is 10.0. The van der Waals surface area contributed by atoms with Gasteiger partial charge in [-0.1, -0.05) is 30.3 Å². The number of hydrogen-bond acceptors (Lipinski definition) is 3. The zero-order valence-corrected chi connectivity index (χ0v) is 12.2. The Bertz CT molecular complexity index is 607. The quantitative estimate of drug-likeness (QED) is 0.801. The molecule has 3 nitrogen and oxygen atoms in total. The minimum atomic E-state index is -0.289. The molecule has 3 rings (SSSR count). The van der Waals surface area contributed by atoms with Crippen molar-refractivity contribution in [3.05, 3.63) is 65.7 Å². The number of esters is 1. The first-order valence-electron chi connectivity index (χ1n) is 7.29.